The van der Waals surface area contributed by atoms with E-state index in [2.05, 4.69) is 16.0 Å². The van der Waals surface area contributed by atoms with Gasteiger partial charge in [0.2, 0.25) is 5.91 Å². The summed E-state index contributed by atoms with van der Waals surface area (Å²) in [6.45, 7) is 0.599. The summed E-state index contributed by atoms with van der Waals surface area (Å²) in [7, 11) is 0. The summed E-state index contributed by atoms with van der Waals surface area (Å²) in [6, 6.07) is 9.53. The van der Waals surface area contributed by atoms with Gasteiger partial charge in [0.1, 0.15) is 5.82 Å². The van der Waals surface area contributed by atoms with Crippen molar-refractivity contribution in [1.29, 1.82) is 0 Å². The van der Waals surface area contributed by atoms with Crippen LogP contribution >= 0.6 is 0 Å². The van der Waals surface area contributed by atoms with Gasteiger partial charge in [-0.15, -0.1) is 0 Å². The maximum atomic E-state index is 12.5. The standard InChI is InChI=1S/C17H19N3O2/c21-12-15-14-5-2-1-4-13(14)8-11-20(15)17(22)7-6-16-18-9-3-10-19-16/h1-5,9-10,15,21H,6-8,11-12H2. The van der Waals surface area contributed by atoms with E-state index < -0.39 is 0 Å². The molecule has 1 aliphatic rings. The average molecular weight is 297 g/mol. The second kappa shape index (κ2) is 6.66. The first-order valence-electron chi connectivity index (χ1n) is 7.53. The Bertz CT molecular complexity index is 645. The minimum atomic E-state index is -0.242. The zero-order valence-corrected chi connectivity index (χ0v) is 12.4. The highest BCUT2D eigenvalue weighted by Crippen LogP contribution is 2.29. The van der Waals surface area contributed by atoms with Crippen LogP contribution in [0.2, 0.25) is 0 Å². The molecule has 1 aromatic heterocycles. The van der Waals surface area contributed by atoms with E-state index in [0.717, 1.165) is 12.0 Å². The van der Waals surface area contributed by atoms with Crippen LogP contribution in [0.3, 0.4) is 0 Å². The zero-order valence-electron chi connectivity index (χ0n) is 12.4. The fourth-order valence-corrected chi connectivity index (χ4v) is 2.97. The molecule has 5 heteroatoms. The number of nitrogens with zero attached hydrogens (tertiary/aromatic N) is 3. The molecule has 0 aliphatic carbocycles. The van der Waals surface area contributed by atoms with Gasteiger partial charge < -0.3 is 10.0 Å². The van der Waals surface area contributed by atoms with Gasteiger partial charge in [-0.2, -0.15) is 0 Å². The number of carbonyl (C=O) groups is 1. The van der Waals surface area contributed by atoms with Gasteiger partial charge in [0.15, 0.2) is 0 Å². The molecule has 0 spiro atoms. The highest BCUT2D eigenvalue weighted by molar-refractivity contribution is 5.77. The zero-order chi connectivity index (χ0) is 15.4. The molecule has 1 aromatic carbocycles. The Labute approximate surface area is 129 Å². The van der Waals surface area contributed by atoms with Gasteiger partial charge in [-0.1, -0.05) is 24.3 Å². The first-order chi connectivity index (χ1) is 10.8. The highest BCUT2D eigenvalue weighted by atomic mass is 16.3. The molecule has 1 N–H and O–H groups in total. The largest absolute Gasteiger partial charge is 0.394 e. The third-order valence-corrected chi connectivity index (χ3v) is 4.09. The second-order valence-electron chi connectivity index (χ2n) is 5.40. The lowest BCUT2D eigenvalue weighted by atomic mass is 9.92. The third-order valence-electron chi connectivity index (χ3n) is 4.09. The number of benzene rings is 1. The van der Waals surface area contributed by atoms with Gasteiger partial charge in [-0.3, -0.25) is 4.79 Å². The molecular weight excluding hydrogens is 278 g/mol. The van der Waals surface area contributed by atoms with E-state index in [1.54, 1.807) is 23.4 Å². The van der Waals surface area contributed by atoms with E-state index in [0.29, 0.717) is 25.2 Å². The smallest absolute Gasteiger partial charge is 0.223 e. The van der Waals surface area contributed by atoms with Gasteiger partial charge in [-0.05, 0) is 23.6 Å². The molecule has 0 saturated heterocycles. The lowest BCUT2D eigenvalue weighted by molar-refractivity contribution is -0.135. The van der Waals surface area contributed by atoms with Crippen molar-refractivity contribution in [3.8, 4) is 0 Å². The number of fused-ring (bicyclic) bond motifs is 1. The number of rotatable bonds is 4. The van der Waals surface area contributed by atoms with Crippen LogP contribution in [-0.4, -0.2) is 39.0 Å². The second-order valence-corrected chi connectivity index (χ2v) is 5.40. The predicted molar refractivity (Wildman–Crippen MR) is 82.0 cm³/mol. The molecule has 1 amide bonds. The van der Waals surface area contributed by atoms with Crippen LogP contribution < -0.4 is 0 Å². The van der Waals surface area contributed by atoms with E-state index >= 15 is 0 Å². The van der Waals surface area contributed by atoms with Gasteiger partial charge in [-0.25, -0.2) is 9.97 Å². The van der Waals surface area contributed by atoms with Crippen molar-refractivity contribution in [2.24, 2.45) is 0 Å². The maximum absolute atomic E-state index is 12.5. The molecule has 3 rings (SSSR count). The molecule has 0 saturated carbocycles. The van der Waals surface area contributed by atoms with E-state index in [1.165, 1.54) is 5.56 Å². The van der Waals surface area contributed by atoms with Crippen LogP contribution in [0, 0.1) is 0 Å². The van der Waals surface area contributed by atoms with Crippen molar-refractivity contribution in [3.63, 3.8) is 0 Å². The molecule has 0 fully saturated rings. The van der Waals surface area contributed by atoms with E-state index in [9.17, 15) is 9.90 Å². The van der Waals surface area contributed by atoms with Crippen LogP contribution in [0.4, 0.5) is 0 Å². The average Bonchev–Trinajstić information content (AvgIpc) is 2.59. The van der Waals surface area contributed by atoms with E-state index in [1.807, 2.05) is 18.2 Å². The lowest BCUT2D eigenvalue weighted by Crippen LogP contribution is -2.41. The Balaban J connectivity index is 1.70. The van der Waals surface area contributed by atoms with Gasteiger partial charge in [0, 0.05) is 31.8 Å². The lowest BCUT2D eigenvalue weighted by Gasteiger charge is -2.36. The maximum Gasteiger partial charge on any atom is 0.223 e. The van der Waals surface area contributed by atoms with Gasteiger partial charge >= 0.3 is 0 Å². The first-order valence-corrected chi connectivity index (χ1v) is 7.53. The van der Waals surface area contributed by atoms with Crippen LogP contribution in [0.15, 0.2) is 42.7 Å². The number of aromatic nitrogens is 2. The normalized spacial score (nSPS) is 17.1. The third kappa shape index (κ3) is 2.99. The summed E-state index contributed by atoms with van der Waals surface area (Å²) in [4.78, 5) is 22.6. The Morgan fingerprint density at radius 2 is 2.00 bits per heavy atom. The summed E-state index contributed by atoms with van der Waals surface area (Å²) in [5.41, 5.74) is 2.28. The van der Waals surface area contributed by atoms with Crippen LogP contribution in [0.25, 0.3) is 0 Å². The number of hydrogen-bond donors (Lipinski definition) is 1. The minimum Gasteiger partial charge on any atom is -0.394 e. The predicted octanol–water partition coefficient (Wildman–Crippen LogP) is 1.53. The monoisotopic (exact) mass is 297 g/mol. The molecular formula is C17H19N3O2. The van der Waals surface area contributed by atoms with Gasteiger partial charge in [0.05, 0.1) is 12.6 Å². The number of amides is 1. The summed E-state index contributed by atoms with van der Waals surface area (Å²) >= 11 is 0. The molecule has 2 heterocycles. The summed E-state index contributed by atoms with van der Waals surface area (Å²) in [5.74, 6) is 0.717. The summed E-state index contributed by atoms with van der Waals surface area (Å²) < 4.78 is 0. The van der Waals surface area contributed by atoms with E-state index in [-0.39, 0.29) is 18.6 Å². The molecule has 1 unspecified atom stereocenters. The highest BCUT2D eigenvalue weighted by Gasteiger charge is 2.29. The Kier molecular flexibility index (Phi) is 4.44. The fraction of sp³-hybridized carbons (Fsp3) is 0.353. The number of aliphatic hydroxyl groups excluding tert-OH is 1. The molecule has 5 nitrogen and oxygen atoms in total. The number of aliphatic hydroxyl groups is 1. The molecule has 1 aliphatic heterocycles. The van der Waals surface area contributed by atoms with Crippen molar-refractivity contribution in [1.82, 2.24) is 14.9 Å². The number of aryl methyl sites for hydroxylation is 1. The van der Waals surface area contributed by atoms with Crippen molar-refractivity contribution >= 4 is 5.91 Å². The fourth-order valence-electron chi connectivity index (χ4n) is 2.97. The SMILES string of the molecule is O=C(CCc1ncccn1)N1CCc2ccccc2C1CO. The van der Waals surface area contributed by atoms with Crippen molar-refractivity contribution in [2.45, 2.75) is 25.3 Å². The molecule has 2 aromatic rings. The summed E-state index contributed by atoms with van der Waals surface area (Å²) in [5, 5.41) is 9.72. The molecule has 0 bridgehead atoms. The minimum absolute atomic E-state index is 0.0426. The van der Waals surface area contributed by atoms with E-state index in [4.69, 9.17) is 0 Å². The number of carbonyl (C=O) groups excluding carboxylic acids is 1. The van der Waals surface area contributed by atoms with Crippen molar-refractivity contribution in [3.05, 3.63) is 59.7 Å². The first kappa shape index (κ1) is 14.7. The molecule has 0 radical (unpaired) electrons. The summed E-state index contributed by atoms with van der Waals surface area (Å²) in [6.07, 6.45) is 5.08. The van der Waals surface area contributed by atoms with Crippen LogP contribution in [0.1, 0.15) is 29.4 Å². The van der Waals surface area contributed by atoms with Gasteiger partial charge in [0.25, 0.3) is 0 Å². The number of hydrogen-bond acceptors (Lipinski definition) is 4. The van der Waals surface area contributed by atoms with Crippen LogP contribution in [-0.2, 0) is 17.6 Å². The molecule has 114 valence electrons. The Morgan fingerprint density at radius 3 is 2.77 bits per heavy atom. The van der Waals surface area contributed by atoms with Crippen molar-refractivity contribution in [2.75, 3.05) is 13.2 Å². The van der Waals surface area contributed by atoms with Crippen LogP contribution in [0.5, 0.6) is 0 Å². The quantitative estimate of drug-likeness (QED) is 0.929. The van der Waals surface area contributed by atoms with Crippen molar-refractivity contribution < 1.29 is 9.90 Å². The topological polar surface area (TPSA) is 66.3 Å². The Morgan fingerprint density at radius 1 is 1.23 bits per heavy atom. The molecule has 22 heavy (non-hydrogen) atoms. The Hall–Kier alpha value is -2.27. The molecule has 1 atom stereocenters.